The maximum Gasteiger partial charge on any atom is 0.175 e. The predicted octanol–water partition coefficient (Wildman–Crippen LogP) is 9.70. The molecule has 7 aromatic rings. The average molecular weight is 680 g/mol. The van der Waals surface area contributed by atoms with Gasteiger partial charge in [0.2, 0.25) is 0 Å². The molecule has 0 aliphatic carbocycles. The number of hydrogen-bond donors (Lipinski definition) is 6. The van der Waals surface area contributed by atoms with Crippen molar-refractivity contribution in [3.8, 4) is 22.8 Å². The third-order valence-corrected chi connectivity index (χ3v) is 8.04. The van der Waals surface area contributed by atoms with E-state index >= 15 is 0 Å². The van der Waals surface area contributed by atoms with Crippen LogP contribution in [0.3, 0.4) is 0 Å². The largest absolute Gasteiger partial charge is 0.338 e. The molecule has 0 amide bonds. The lowest BCUT2D eigenvalue weighted by Gasteiger charge is -2.10. The van der Waals surface area contributed by atoms with Crippen LogP contribution in [0.2, 0.25) is 10.0 Å². The van der Waals surface area contributed by atoms with Gasteiger partial charge in [0, 0.05) is 43.9 Å². The lowest BCUT2D eigenvalue weighted by Crippen LogP contribution is -2.18. The number of benzene rings is 5. The number of aromatic amines is 2. The van der Waals surface area contributed by atoms with E-state index in [0.717, 1.165) is 67.6 Å². The van der Waals surface area contributed by atoms with Gasteiger partial charge in [0.05, 0.1) is 22.1 Å². The highest BCUT2D eigenvalue weighted by atomic mass is 35.5. The highest BCUT2D eigenvalue weighted by molar-refractivity contribution is 7.81. The van der Waals surface area contributed by atoms with Crippen LogP contribution in [-0.4, -0.2) is 30.2 Å². The Kier molecular flexibility index (Phi) is 8.25. The molecule has 2 aromatic heterocycles. The summed E-state index contributed by atoms with van der Waals surface area (Å²) in [5.41, 5.74) is 8.54. The Bertz CT molecular complexity index is 2070. The summed E-state index contributed by atoms with van der Waals surface area (Å²) >= 11 is 23.0. The van der Waals surface area contributed by atoms with Crippen molar-refractivity contribution in [3.05, 3.63) is 119 Å². The zero-order valence-corrected chi connectivity index (χ0v) is 27.0. The Morgan fingerprint density at radius 2 is 0.870 bits per heavy atom. The molecule has 6 N–H and O–H groups in total. The van der Waals surface area contributed by atoms with E-state index in [-0.39, 0.29) is 0 Å². The first kappa shape index (κ1) is 29.7. The number of halogens is 2. The molecule has 0 unspecified atom stereocenters. The smallest absolute Gasteiger partial charge is 0.175 e. The van der Waals surface area contributed by atoms with Crippen molar-refractivity contribution in [3.63, 3.8) is 0 Å². The third kappa shape index (κ3) is 6.65. The minimum absolute atomic E-state index is 0.464. The van der Waals surface area contributed by atoms with Crippen molar-refractivity contribution >= 4 is 103 Å². The van der Waals surface area contributed by atoms with Crippen LogP contribution in [-0.2, 0) is 0 Å². The summed E-state index contributed by atoms with van der Waals surface area (Å²) in [6.07, 6.45) is 0. The quantitative estimate of drug-likeness (QED) is 0.0966. The van der Waals surface area contributed by atoms with Gasteiger partial charge in [-0.2, -0.15) is 0 Å². The van der Waals surface area contributed by atoms with Crippen LogP contribution >= 0.6 is 47.6 Å². The maximum atomic E-state index is 5.99. The number of hydrogen-bond acceptors (Lipinski definition) is 4. The minimum Gasteiger partial charge on any atom is -0.338 e. The molecule has 46 heavy (non-hydrogen) atoms. The lowest BCUT2D eigenvalue weighted by atomic mass is 10.1. The lowest BCUT2D eigenvalue weighted by molar-refractivity contribution is 1.30. The molecular formula is C34H24Cl2N8S2. The molecule has 8 nitrogen and oxygen atoms in total. The van der Waals surface area contributed by atoms with Crippen LogP contribution in [0, 0.1) is 0 Å². The molecule has 0 aliphatic rings. The summed E-state index contributed by atoms with van der Waals surface area (Å²) in [5.74, 6) is 1.46. The van der Waals surface area contributed by atoms with Crippen molar-refractivity contribution in [2.75, 3.05) is 21.3 Å². The molecule has 12 heteroatoms. The number of nitrogens with zero attached hydrogens (tertiary/aromatic N) is 2. The van der Waals surface area contributed by atoms with E-state index < -0.39 is 0 Å². The molecule has 226 valence electrons. The second-order valence-corrected chi connectivity index (χ2v) is 12.0. The molecule has 0 radical (unpaired) electrons. The van der Waals surface area contributed by atoms with Gasteiger partial charge in [-0.15, -0.1) is 0 Å². The highest BCUT2D eigenvalue weighted by Gasteiger charge is 2.15. The zero-order chi connectivity index (χ0) is 31.6. The van der Waals surface area contributed by atoms with Crippen molar-refractivity contribution in [1.82, 2.24) is 19.9 Å². The van der Waals surface area contributed by atoms with Crippen molar-refractivity contribution in [2.45, 2.75) is 0 Å². The van der Waals surface area contributed by atoms with Gasteiger partial charge >= 0.3 is 0 Å². The summed E-state index contributed by atoms with van der Waals surface area (Å²) in [5, 5.41) is 15.0. The van der Waals surface area contributed by atoms with Crippen LogP contribution in [0.1, 0.15) is 0 Å². The van der Waals surface area contributed by atoms with Crippen LogP contribution in [0.15, 0.2) is 109 Å². The number of thiocarbonyl (C=S) groups is 2. The topological polar surface area (TPSA) is 105 Å². The number of anilines is 4. The standard InChI is InChI=1S/C34H24Cl2N8S2/c35-19-5-9-21(10-6-19)37-33(45)39-23-13-15-27-29(17-23)43-31(41-27)25-3-1-2-4-26(25)32-42-28-16-14-24(18-30(28)44-32)40-34(46)38-22-11-7-20(36)8-12-22/h1-18H,(H,41,43)(H,42,44)(H2,37,39,45)(H2,38,40,46). The first-order chi connectivity index (χ1) is 22.4. The van der Waals surface area contributed by atoms with E-state index in [4.69, 9.17) is 57.6 Å². The van der Waals surface area contributed by atoms with Gasteiger partial charge in [-0.25, -0.2) is 9.97 Å². The molecule has 0 saturated heterocycles. The summed E-state index contributed by atoms with van der Waals surface area (Å²) in [6.45, 7) is 0. The molecule has 0 atom stereocenters. The van der Waals surface area contributed by atoms with Crippen molar-refractivity contribution in [2.24, 2.45) is 0 Å². The average Bonchev–Trinajstić information content (AvgIpc) is 3.67. The minimum atomic E-state index is 0.464. The number of fused-ring (bicyclic) bond motifs is 2. The molecule has 0 spiro atoms. The van der Waals surface area contributed by atoms with Gasteiger partial charge in [0.15, 0.2) is 10.2 Å². The summed E-state index contributed by atoms with van der Waals surface area (Å²) in [7, 11) is 0. The Morgan fingerprint density at radius 1 is 0.500 bits per heavy atom. The van der Waals surface area contributed by atoms with Crippen LogP contribution in [0.25, 0.3) is 44.8 Å². The Hall–Kier alpha value is -5.00. The fourth-order valence-electron chi connectivity index (χ4n) is 4.97. The number of aromatic nitrogens is 4. The van der Waals surface area contributed by atoms with Gasteiger partial charge in [-0.1, -0.05) is 47.5 Å². The summed E-state index contributed by atoms with van der Waals surface area (Å²) in [6, 6.07) is 34.5. The van der Waals surface area contributed by atoms with Gasteiger partial charge in [-0.05, 0) is 109 Å². The van der Waals surface area contributed by atoms with Crippen LogP contribution in [0.4, 0.5) is 22.7 Å². The Balaban J connectivity index is 1.10. The molecule has 0 bridgehead atoms. The van der Waals surface area contributed by atoms with Gasteiger partial charge < -0.3 is 31.2 Å². The fourth-order valence-corrected chi connectivity index (χ4v) is 5.70. The summed E-state index contributed by atoms with van der Waals surface area (Å²) in [4.78, 5) is 16.7. The van der Waals surface area contributed by atoms with E-state index in [0.29, 0.717) is 20.3 Å². The van der Waals surface area contributed by atoms with E-state index in [2.05, 4.69) is 31.2 Å². The number of nitrogens with one attached hydrogen (secondary N) is 6. The van der Waals surface area contributed by atoms with Gasteiger partial charge in [0.1, 0.15) is 11.6 Å². The van der Waals surface area contributed by atoms with Crippen LogP contribution in [0.5, 0.6) is 0 Å². The SMILES string of the molecule is S=C(Nc1ccc(Cl)cc1)Nc1ccc2[nH]c(-c3ccccc3-c3nc4cc(NC(=S)Nc5ccc(Cl)cc5)ccc4[nH]3)nc2c1. The molecule has 7 rings (SSSR count). The van der Waals surface area contributed by atoms with E-state index in [1.807, 2.05) is 84.9 Å². The van der Waals surface area contributed by atoms with E-state index in [1.165, 1.54) is 0 Å². The molecule has 0 aliphatic heterocycles. The Labute approximate surface area is 284 Å². The molecule has 2 heterocycles. The van der Waals surface area contributed by atoms with E-state index in [1.54, 1.807) is 24.3 Å². The molecule has 5 aromatic carbocycles. The number of H-pyrrole nitrogens is 2. The monoisotopic (exact) mass is 678 g/mol. The summed E-state index contributed by atoms with van der Waals surface area (Å²) < 4.78 is 0. The van der Waals surface area contributed by atoms with Gasteiger partial charge in [-0.3, -0.25) is 0 Å². The first-order valence-corrected chi connectivity index (χ1v) is 15.7. The highest BCUT2D eigenvalue weighted by Crippen LogP contribution is 2.32. The van der Waals surface area contributed by atoms with Gasteiger partial charge in [0.25, 0.3) is 0 Å². The Morgan fingerprint density at radius 3 is 1.28 bits per heavy atom. The second-order valence-electron chi connectivity index (χ2n) is 10.4. The molecule has 0 saturated carbocycles. The third-order valence-electron chi connectivity index (χ3n) is 7.12. The first-order valence-electron chi connectivity index (χ1n) is 14.1. The zero-order valence-electron chi connectivity index (χ0n) is 23.9. The van der Waals surface area contributed by atoms with Crippen molar-refractivity contribution < 1.29 is 0 Å². The van der Waals surface area contributed by atoms with Crippen molar-refractivity contribution in [1.29, 1.82) is 0 Å². The maximum absolute atomic E-state index is 5.99. The molecular weight excluding hydrogens is 655 g/mol. The second kappa shape index (κ2) is 12.8. The number of rotatable bonds is 6. The predicted molar refractivity (Wildman–Crippen MR) is 199 cm³/mol. The number of imidazole rings is 2. The van der Waals surface area contributed by atoms with E-state index in [9.17, 15) is 0 Å². The van der Waals surface area contributed by atoms with Crippen LogP contribution < -0.4 is 21.3 Å². The normalized spacial score (nSPS) is 11.0. The fraction of sp³-hybridized carbons (Fsp3) is 0. The molecule has 0 fully saturated rings.